The van der Waals surface area contributed by atoms with E-state index in [1.165, 1.54) is 24.4 Å². The van der Waals surface area contributed by atoms with E-state index in [0.717, 1.165) is 11.1 Å². The molecule has 0 aliphatic carbocycles. The van der Waals surface area contributed by atoms with Crippen molar-refractivity contribution in [2.24, 2.45) is 0 Å². The molecule has 0 N–H and O–H groups in total. The van der Waals surface area contributed by atoms with Gasteiger partial charge in [0.2, 0.25) is 9.84 Å². The van der Waals surface area contributed by atoms with Crippen molar-refractivity contribution in [2.75, 3.05) is 0 Å². The molecule has 0 saturated carbocycles. The highest BCUT2D eigenvalue weighted by Gasteiger charge is 2.25. The van der Waals surface area contributed by atoms with E-state index in [0.29, 0.717) is 27.1 Å². The fourth-order valence-electron chi connectivity index (χ4n) is 3.27. The first-order valence-corrected chi connectivity index (χ1v) is 10.8. The van der Waals surface area contributed by atoms with E-state index >= 15 is 0 Å². The summed E-state index contributed by atoms with van der Waals surface area (Å²) in [5.74, 6) is -0.463. The standard InChI is InChI=1S/C23H17ClFNO2S/c1-14-3-9-19(11-15(14)2)29(27,28)22-13-26-21-10-8-18(25)12-20(21)23(22)16-4-6-17(24)7-5-16/h3-13H,1-2H3. The molecule has 0 saturated heterocycles. The van der Waals surface area contributed by atoms with Crippen molar-refractivity contribution in [3.8, 4) is 11.1 Å². The van der Waals surface area contributed by atoms with E-state index in [1.807, 2.05) is 13.8 Å². The van der Waals surface area contributed by atoms with Crippen LogP contribution in [0.4, 0.5) is 4.39 Å². The lowest BCUT2D eigenvalue weighted by molar-refractivity contribution is 0.596. The quantitative estimate of drug-likeness (QED) is 0.396. The molecule has 3 aromatic carbocycles. The number of halogens is 2. The minimum Gasteiger partial charge on any atom is -0.255 e. The number of pyridine rings is 1. The molecular formula is C23H17ClFNO2S. The van der Waals surface area contributed by atoms with Gasteiger partial charge < -0.3 is 0 Å². The van der Waals surface area contributed by atoms with Gasteiger partial charge in [0.25, 0.3) is 0 Å². The molecule has 0 bridgehead atoms. The zero-order valence-electron chi connectivity index (χ0n) is 15.8. The molecule has 0 fully saturated rings. The first kappa shape index (κ1) is 19.6. The molecular weight excluding hydrogens is 409 g/mol. The van der Waals surface area contributed by atoms with Crippen molar-refractivity contribution in [1.82, 2.24) is 4.98 Å². The monoisotopic (exact) mass is 425 g/mol. The maximum atomic E-state index is 14.0. The number of hydrogen-bond acceptors (Lipinski definition) is 3. The van der Waals surface area contributed by atoms with E-state index in [1.54, 1.807) is 42.5 Å². The van der Waals surface area contributed by atoms with Gasteiger partial charge in [-0.25, -0.2) is 12.8 Å². The molecule has 0 atom stereocenters. The summed E-state index contributed by atoms with van der Waals surface area (Å²) in [6, 6.07) is 16.0. The molecule has 146 valence electrons. The Morgan fingerprint density at radius 3 is 2.31 bits per heavy atom. The number of aromatic nitrogens is 1. The van der Waals surface area contributed by atoms with E-state index in [4.69, 9.17) is 11.6 Å². The van der Waals surface area contributed by atoms with Gasteiger partial charge in [0, 0.05) is 22.2 Å². The summed E-state index contributed by atoms with van der Waals surface area (Å²) in [5, 5.41) is 0.953. The first-order chi connectivity index (χ1) is 13.8. The van der Waals surface area contributed by atoms with Crippen LogP contribution in [-0.2, 0) is 9.84 Å². The van der Waals surface area contributed by atoms with Crippen LogP contribution in [0.1, 0.15) is 11.1 Å². The third-order valence-corrected chi connectivity index (χ3v) is 7.02. The van der Waals surface area contributed by atoms with Crippen LogP contribution < -0.4 is 0 Å². The zero-order valence-corrected chi connectivity index (χ0v) is 17.4. The van der Waals surface area contributed by atoms with Crippen LogP contribution in [0.2, 0.25) is 5.02 Å². The second kappa shape index (κ2) is 7.25. The van der Waals surface area contributed by atoms with Crippen molar-refractivity contribution < 1.29 is 12.8 Å². The molecule has 1 heterocycles. The Balaban J connectivity index is 2.07. The normalized spacial score (nSPS) is 11.7. The predicted octanol–water partition coefficient (Wildman–Crippen LogP) is 6.14. The largest absolute Gasteiger partial charge is 0.255 e. The lowest BCUT2D eigenvalue weighted by Gasteiger charge is -2.15. The summed E-state index contributed by atoms with van der Waals surface area (Å²) >= 11 is 6.01. The number of sulfone groups is 1. The van der Waals surface area contributed by atoms with Crippen LogP contribution in [0.25, 0.3) is 22.0 Å². The average Bonchev–Trinajstić information content (AvgIpc) is 2.69. The minimum atomic E-state index is -3.89. The summed E-state index contributed by atoms with van der Waals surface area (Å²) in [6.45, 7) is 3.79. The van der Waals surface area contributed by atoms with E-state index < -0.39 is 15.7 Å². The Morgan fingerprint density at radius 2 is 1.62 bits per heavy atom. The lowest BCUT2D eigenvalue weighted by Crippen LogP contribution is -2.06. The summed E-state index contributed by atoms with van der Waals surface area (Å²) < 4.78 is 41.1. The van der Waals surface area contributed by atoms with E-state index in [-0.39, 0.29) is 9.79 Å². The van der Waals surface area contributed by atoms with Crippen LogP contribution in [0.15, 0.2) is 76.7 Å². The third-order valence-electron chi connectivity index (χ3n) is 5.01. The molecule has 0 spiro atoms. The molecule has 0 amide bonds. The Hall–Kier alpha value is -2.76. The summed E-state index contributed by atoms with van der Waals surface area (Å²) in [5.41, 5.74) is 3.41. The van der Waals surface area contributed by atoms with Gasteiger partial charge in [-0.05, 0) is 73.0 Å². The molecule has 1 aromatic heterocycles. The molecule has 0 aliphatic rings. The fourth-order valence-corrected chi connectivity index (χ4v) is 4.92. The van der Waals surface area contributed by atoms with Gasteiger partial charge in [-0.15, -0.1) is 0 Å². The van der Waals surface area contributed by atoms with Crippen LogP contribution in [0.5, 0.6) is 0 Å². The SMILES string of the molecule is Cc1ccc(S(=O)(=O)c2cnc3ccc(F)cc3c2-c2ccc(Cl)cc2)cc1C. The van der Waals surface area contributed by atoms with Gasteiger partial charge in [-0.3, -0.25) is 4.98 Å². The lowest BCUT2D eigenvalue weighted by atomic mass is 10.0. The van der Waals surface area contributed by atoms with Gasteiger partial charge >= 0.3 is 0 Å². The second-order valence-corrected chi connectivity index (χ2v) is 9.27. The van der Waals surface area contributed by atoms with Crippen molar-refractivity contribution in [1.29, 1.82) is 0 Å². The van der Waals surface area contributed by atoms with Gasteiger partial charge in [-0.1, -0.05) is 29.8 Å². The van der Waals surface area contributed by atoms with E-state index in [9.17, 15) is 12.8 Å². The van der Waals surface area contributed by atoms with Crippen molar-refractivity contribution in [2.45, 2.75) is 23.6 Å². The number of benzene rings is 3. The predicted molar refractivity (Wildman–Crippen MR) is 114 cm³/mol. The molecule has 0 aliphatic heterocycles. The third kappa shape index (κ3) is 3.52. The first-order valence-electron chi connectivity index (χ1n) is 8.94. The maximum Gasteiger partial charge on any atom is 0.208 e. The molecule has 6 heteroatoms. The van der Waals surface area contributed by atoms with Gasteiger partial charge in [0.05, 0.1) is 15.3 Å². The number of fused-ring (bicyclic) bond motifs is 1. The van der Waals surface area contributed by atoms with Crippen LogP contribution in [-0.4, -0.2) is 13.4 Å². The smallest absolute Gasteiger partial charge is 0.208 e. The molecule has 3 nitrogen and oxygen atoms in total. The molecule has 4 rings (SSSR count). The fraction of sp³-hybridized carbons (Fsp3) is 0.0870. The topological polar surface area (TPSA) is 47.0 Å². The molecule has 4 aromatic rings. The van der Waals surface area contributed by atoms with Gasteiger partial charge in [0.15, 0.2) is 0 Å². The number of aryl methyl sites for hydroxylation is 2. The van der Waals surface area contributed by atoms with Crippen LogP contribution >= 0.6 is 11.6 Å². The average molecular weight is 426 g/mol. The highest BCUT2D eigenvalue weighted by molar-refractivity contribution is 7.91. The maximum absolute atomic E-state index is 14.0. The highest BCUT2D eigenvalue weighted by Crippen LogP contribution is 2.37. The Morgan fingerprint density at radius 1 is 0.897 bits per heavy atom. The molecule has 0 unspecified atom stereocenters. The Bertz CT molecular complexity index is 1350. The number of nitrogens with zero attached hydrogens (tertiary/aromatic N) is 1. The van der Waals surface area contributed by atoms with Gasteiger partial charge in [0.1, 0.15) is 5.82 Å². The van der Waals surface area contributed by atoms with Gasteiger partial charge in [-0.2, -0.15) is 0 Å². The zero-order chi connectivity index (χ0) is 20.8. The minimum absolute atomic E-state index is 0.0289. The Labute approximate surface area is 173 Å². The highest BCUT2D eigenvalue weighted by atomic mass is 35.5. The summed E-state index contributed by atoms with van der Waals surface area (Å²) in [6.07, 6.45) is 1.34. The number of hydrogen-bond donors (Lipinski definition) is 0. The van der Waals surface area contributed by atoms with E-state index in [2.05, 4.69) is 4.98 Å². The second-order valence-electron chi connectivity index (χ2n) is 6.92. The molecule has 29 heavy (non-hydrogen) atoms. The van der Waals surface area contributed by atoms with Crippen LogP contribution in [0, 0.1) is 19.7 Å². The summed E-state index contributed by atoms with van der Waals surface area (Å²) in [4.78, 5) is 4.49. The van der Waals surface area contributed by atoms with Crippen molar-refractivity contribution in [3.05, 3.63) is 88.8 Å². The summed E-state index contributed by atoms with van der Waals surface area (Å²) in [7, 11) is -3.89. The number of rotatable bonds is 3. The molecule has 0 radical (unpaired) electrons. The van der Waals surface area contributed by atoms with Crippen molar-refractivity contribution >= 4 is 32.3 Å². The van der Waals surface area contributed by atoms with Crippen LogP contribution in [0.3, 0.4) is 0 Å². The Kier molecular flexibility index (Phi) is 4.89. The van der Waals surface area contributed by atoms with Crippen molar-refractivity contribution in [3.63, 3.8) is 0 Å².